The van der Waals surface area contributed by atoms with E-state index in [0.717, 1.165) is 25.4 Å². The zero-order valence-electron chi connectivity index (χ0n) is 13.8. The van der Waals surface area contributed by atoms with Crippen LogP contribution in [0, 0.1) is 0 Å². The van der Waals surface area contributed by atoms with Crippen molar-refractivity contribution in [3.8, 4) is 5.75 Å². The van der Waals surface area contributed by atoms with Gasteiger partial charge >= 0.3 is 0 Å². The Bertz CT molecular complexity index is 460. The van der Waals surface area contributed by atoms with Gasteiger partial charge in [-0.05, 0) is 31.3 Å². The Labute approximate surface area is 155 Å². The minimum Gasteiger partial charge on any atom is -0.495 e. The molecule has 1 aromatic rings. The number of nitrogens with two attached hydrogens (primary N) is 1. The van der Waals surface area contributed by atoms with Crippen LogP contribution in [0.4, 0.5) is 11.4 Å². The number of nitrogen functional groups attached to an aromatic ring is 1. The first kappa shape index (κ1) is 24.4. The molecule has 0 aromatic heterocycles. The number of carbonyl (C=O) groups is 1. The summed E-state index contributed by atoms with van der Waals surface area (Å²) in [4.78, 5) is 14.2. The molecule has 0 aliphatic rings. The highest BCUT2D eigenvalue weighted by molar-refractivity contribution is 7.99. The Morgan fingerprint density at radius 1 is 1.30 bits per heavy atom. The van der Waals surface area contributed by atoms with Crippen LogP contribution < -0.4 is 15.8 Å². The summed E-state index contributed by atoms with van der Waals surface area (Å²) >= 11 is 1.64. The highest BCUT2D eigenvalue weighted by atomic mass is 35.5. The van der Waals surface area contributed by atoms with Gasteiger partial charge in [0.1, 0.15) is 5.75 Å². The molecule has 0 spiro atoms. The van der Waals surface area contributed by atoms with Gasteiger partial charge in [-0.25, -0.2) is 0 Å². The molecule has 0 saturated heterocycles. The first-order valence-electron chi connectivity index (χ1n) is 7.14. The number of hydrogen-bond acceptors (Lipinski definition) is 5. The second-order valence-electron chi connectivity index (χ2n) is 4.58. The van der Waals surface area contributed by atoms with E-state index in [1.54, 1.807) is 37.1 Å². The minimum absolute atomic E-state index is 0. The van der Waals surface area contributed by atoms with Crippen molar-refractivity contribution < 1.29 is 9.53 Å². The molecule has 0 aliphatic heterocycles. The lowest BCUT2D eigenvalue weighted by Crippen LogP contribution is -2.26. The number of amides is 1. The highest BCUT2D eigenvalue weighted by Gasteiger charge is 2.06. The van der Waals surface area contributed by atoms with Gasteiger partial charge in [-0.15, -0.1) is 24.8 Å². The highest BCUT2D eigenvalue weighted by Crippen LogP contribution is 2.24. The number of methoxy groups -OCH3 is 1. The van der Waals surface area contributed by atoms with Gasteiger partial charge in [0.05, 0.1) is 18.6 Å². The summed E-state index contributed by atoms with van der Waals surface area (Å²) in [7, 11) is 1.57. The van der Waals surface area contributed by atoms with Crippen molar-refractivity contribution in [2.45, 2.75) is 13.8 Å². The Balaban J connectivity index is 0. The number of thioether (sulfide) groups is 1. The first-order valence-corrected chi connectivity index (χ1v) is 8.29. The van der Waals surface area contributed by atoms with Crippen LogP contribution >= 0.6 is 36.6 Å². The second kappa shape index (κ2) is 13.6. The normalized spacial score (nSPS) is 9.74. The van der Waals surface area contributed by atoms with Crippen LogP contribution in [0.3, 0.4) is 0 Å². The monoisotopic (exact) mass is 383 g/mol. The van der Waals surface area contributed by atoms with Crippen LogP contribution in [0.5, 0.6) is 5.75 Å². The van der Waals surface area contributed by atoms with E-state index in [-0.39, 0.29) is 30.7 Å². The summed E-state index contributed by atoms with van der Waals surface area (Å²) in [6.07, 6.45) is 0. The van der Waals surface area contributed by atoms with Crippen LogP contribution in [0.1, 0.15) is 13.8 Å². The van der Waals surface area contributed by atoms with E-state index in [9.17, 15) is 4.79 Å². The Kier molecular flexibility index (Phi) is 14.5. The average molecular weight is 384 g/mol. The number of benzene rings is 1. The number of halogens is 2. The van der Waals surface area contributed by atoms with Crippen molar-refractivity contribution in [2.24, 2.45) is 0 Å². The Hall–Kier alpha value is -0.820. The summed E-state index contributed by atoms with van der Waals surface area (Å²) in [5.74, 6) is 2.01. The van der Waals surface area contributed by atoms with Crippen LogP contribution in [-0.2, 0) is 4.79 Å². The molecule has 0 bridgehead atoms. The molecular formula is C15H27Cl2N3O2S. The molecule has 0 atom stereocenters. The zero-order valence-corrected chi connectivity index (χ0v) is 16.3. The third-order valence-corrected chi connectivity index (χ3v) is 4.13. The molecule has 1 amide bonds. The molecule has 1 rings (SSSR count). The first-order chi connectivity index (χ1) is 10.1. The number of nitrogens with zero attached hydrogens (tertiary/aromatic N) is 1. The van der Waals surface area contributed by atoms with E-state index in [1.807, 2.05) is 0 Å². The van der Waals surface area contributed by atoms with Gasteiger partial charge in [-0.2, -0.15) is 11.8 Å². The quantitative estimate of drug-likeness (QED) is 0.506. The predicted octanol–water partition coefficient (Wildman–Crippen LogP) is 3.13. The fourth-order valence-corrected chi connectivity index (χ4v) is 2.70. The molecule has 3 N–H and O–H groups in total. The third-order valence-electron chi connectivity index (χ3n) is 3.19. The molecule has 8 heteroatoms. The molecule has 0 unspecified atom stereocenters. The molecule has 0 fully saturated rings. The van der Waals surface area contributed by atoms with Crippen molar-refractivity contribution in [3.63, 3.8) is 0 Å². The lowest BCUT2D eigenvalue weighted by molar-refractivity contribution is -0.113. The molecule has 0 aliphatic carbocycles. The SMILES string of the molecule is CCN(CC)CCSCC(=O)Nc1ccc(OC)c(N)c1.Cl.Cl. The fraction of sp³-hybridized carbons (Fsp3) is 0.533. The third kappa shape index (κ3) is 9.15. The van der Waals surface area contributed by atoms with Gasteiger partial charge in [0, 0.05) is 18.0 Å². The molecule has 0 radical (unpaired) electrons. The van der Waals surface area contributed by atoms with Crippen molar-refractivity contribution >= 4 is 53.9 Å². The van der Waals surface area contributed by atoms with E-state index >= 15 is 0 Å². The largest absolute Gasteiger partial charge is 0.495 e. The Morgan fingerprint density at radius 3 is 2.48 bits per heavy atom. The maximum atomic E-state index is 11.8. The van der Waals surface area contributed by atoms with Crippen molar-refractivity contribution in [1.82, 2.24) is 4.90 Å². The maximum absolute atomic E-state index is 11.8. The summed E-state index contributed by atoms with van der Waals surface area (Å²) < 4.78 is 5.08. The zero-order chi connectivity index (χ0) is 15.7. The molecule has 134 valence electrons. The van der Waals surface area contributed by atoms with E-state index in [0.29, 0.717) is 22.9 Å². The molecule has 23 heavy (non-hydrogen) atoms. The van der Waals surface area contributed by atoms with E-state index < -0.39 is 0 Å². The lowest BCUT2D eigenvalue weighted by Gasteiger charge is -2.17. The van der Waals surface area contributed by atoms with Crippen molar-refractivity contribution in [2.75, 3.05) is 49.3 Å². The van der Waals surface area contributed by atoms with E-state index in [2.05, 4.69) is 24.1 Å². The molecule has 1 aromatic carbocycles. The number of ether oxygens (including phenoxy) is 1. The number of rotatable bonds is 9. The fourth-order valence-electron chi connectivity index (χ4n) is 1.91. The predicted molar refractivity (Wildman–Crippen MR) is 106 cm³/mol. The molecule has 0 saturated carbocycles. The lowest BCUT2D eigenvalue weighted by atomic mass is 10.2. The number of hydrogen-bond donors (Lipinski definition) is 2. The van der Waals surface area contributed by atoms with Crippen molar-refractivity contribution in [3.05, 3.63) is 18.2 Å². The van der Waals surface area contributed by atoms with Gasteiger partial charge in [0.15, 0.2) is 0 Å². The standard InChI is InChI=1S/C15H25N3O2S.2ClH/c1-4-18(5-2)8-9-21-11-15(19)17-12-6-7-14(20-3)13(16)10-12;;/h6-7,10H,4-5,8-9,11,16H2,1-3H3,(H,17,19);2*1H. The average Bonchev–Trinajstić information content (AvgIpc) is 2.47. The number of carbonyl (C=O) groups excluding carboxylic acids is 1. The van der Waals surface area contributed by atoms with E-state index in [1.165, 1.54) is 0 Å². The maximum Gasteiger partial charge on any atom is 0.234 e. The molecule has 0 heterocycles. The molecular weight excluding hydrogens is 357 g/mol. The summed E-state index contributed by atoms with van der Waals surface area (Å²) in [6, 6.07) is 5.24. The van der Waals surface area contributed by atoms with E-state index in [4.69, 9.17) is 10.5 Å². The van der Waals surface area contributed by atoms with Gasteiger partial charge in [-0.3, -0.25) is 4.79 Å². The van der Waals surface area contributed by atoms with Crippen LogP contribution in [0.25, 0.3) is 0 Å². The van der Waals surface area contributed by atoms with Gasteiger partial charge < -0.3 is 20.7 Å². The summed E-state index contributed by atoms with van der Waals surface area (Å²) in [5, 5.41) is 2.84. The van der Waals surface area contributed by atoms with Gasteiger partial charge in [0.25, 0.3) is 0 Å². The van der Waals surface area contributed by atoms with Crippen LogP contribution in [-0.4, -0.2) is 49.1 Å². The Morgan fingerprint density at radius 2 is 1.96 bits per heavy atom. The topological polar surface area (TPSA) is 67.6 Å². The smallest absolute Gasteiger partial charge is 0.234 e. The van der Waals surface area contributed by atoms with Gasteiger partial charge in [-0.1, -0.05) is 13.8 Å². The van der Waals surface area contributed by atoms with Gasteiger partial charge in [0.2, 0.25) is 5.91 Å². The van der Waals surface area contributed by atoms with Crippen LogP contribution in [0.2, 0.25) is 0 Å². The van der Waals surface area contributed by atoms with Crippen molar-refractivity contribution in [1.29, 1.82) is 0 Å². The number of nitrogens with one attached hydrogen (secondary N) is 1. The molecule has 5 nitrogen and oxygen atoms in total. The second-order valence-corrected chi connectivity index (χ2v) is 5.69. The summed E-state index contributed by atoms with van der Waals surface area (Å²) in [5.41, 5.74) is 7.02. The summed E-state index contributed by atoms with van der Waals surface area (Å²) in [6.45, 7) is 7.41. The minimum atomic E-state index is -0.0101. The van der Waals surface area contributed by atoms with Crippen LogP contribution in [0.15, 0.2) is 18.2 Å². The number of anilines is 2.